The molecule has 0 unspecified atom stereocenters. The highest BCUT2D eigenvalue weighted by molar-refractivity contribution is 6.37. The molecule has 2 rings (SSSR count). The van der Waals surface area contributed by atoms with Crippen LogP contribution in [0.3, 0.4) is 0 Å². The minimum absolute atomic E-state index is 0.0973. The van der Waals surface area contributed by atoms with Gasteiger partial charge in [0.05, 0.1) is 16.3 Å². The molecular weight excluding hydrogens is 385 g/mol. The number of nitrogens with zero attached hydrogens (tertiary/aromatic N) is 1. The molecule has 0 aliphatic heterocycles. The number of benzene rings is 2. The third-order valence-electron chi connectivity index (χ3n) is 3.84. The van der Waals surface area contributed by atoms with Crippen LogP contribution in [-0.2, 0) is 4.79 Å². The van der Waals surface area contributed by atoms with Crippen LogP contribution in [0, 0.1) is 0 Å². The summed E-state index contributed by atoms with van der Waals surface area (Å²) in [5, 5.41) is 7.65. The van der Waals surface area contributed by atoms with Gasteiger partial charge in [-0.15, -0.1) is 0 Å². The molecule has 0 radical (unpaired) electrons. The molecule has 0 heterocycles. The van der Waals surface area contributed by atoms with Crippen LogP contribution in [0.1, 0.15) is 49.0 Å². The minimum atomic E-state index is -0.321. The third-order valence-corrected chi connectivity index (χ3v) is 4.39. The summed E-state index contributed by atoms with van der Waals surface area (Å²) < 4.78 is 0. The zero-order valence-corrected chi connectivity index (χ0v) is 16.7. The number of halogens is 2. The first kappa shape index (κ1) is 20.9. The molecule has 0 spiro atoms. The highest BCUT2D eigenvalue weighted by atomic mass is 35.5. The molecular formula is C20H21Cl2N3O2. The largest absolute Gasteiger partial charge is 0.322 e. The summed E-state index contributed by atoms with van der Waals surface area (Å²) in [6.07, 6.45) is 2.27. The lowest BCUT2D eigenvalue weighted by atomic mass is 10.1. The second kappa shape index (κ2) is 10.1. The van der Waals surface area contributed by atoms with Gasteiger partial charge in [0.15, 0.2) is 0 Å². The van der Waals surface area contributed by atoms with Crippen LogP contribution in [0.5, 0.6) is 0 Å². The van der Waals surface area contributed by atoms with Gasteiger partial charge in [-0.3, -0.25) is 9.59 Å². The number of hydrazone groups is 1. The minimum Gasteiger partial charge on any atom is -0.322 e. The molecule has 0 atom stereocenters. The van der Waals surface area contributed by atoms with E-state index in [1.807, 2.05) is 19.1 Å². The molecule has 0 aliphatic rings. The van der Waals surface area contributed by atoms with E-state index >= 15 is 0 Å². The number of unbranched alkanes of at least 4 members (excludes halogenated alkanes) is 1. The summed E-state index contributed by atoms with van der Waals surface area (Å²) in [5.41, 5.74) is 5.03. The number of nitrogens with one attached hydrogen (secondary N) is 2. The van der Waals surface area contributed by atoms with Crippen LogP contribution in [0.25, 0.3) is 0 Å². The molecule has 0 bridgehead atoms. The van der Waals surface area contributed by atoms with Crippen molar-refractivity contribution in [1.29, 1.82) is 0 Å². The lowest BCUT2D eigenvalue weighted by Crippen LogP contribution is -2.18. The first-order valence-electron chi connectivity index (χ1n) is 8.60. The summed E-state index contributed by atoms with van der Waals surface area (Å²) in [6.45, 7) is 3.84. The van der Waals surface area contributed by atoms with E-state index in [-0.39, 0.29) is 11.8 Å². The van der Waals surface area contributed by atoms with Crippen molar-refractivity contribution in [2.45, 2.75) is 33.1 Å². The second-order valence-corrected chi connectivity index (χ2v) is 6.84. The maximum absolute atomic E-state index is 12.3. The molecule has 7 heteroatoms. The Labute approximate surface area is 168 Å². The second-order valence-electron chi connectivity index (χ2n) is 5.99. The molecule has 5 nitrogen and oxygen atoms in total. The molecule has 0 saturated carbocycles. The smallest absolute Gasteiger partial charge is 0.257 e. The SMILES string of the molecule is CCCCC(=O)NN=C(C)c1ccc(NC(=O)c2ccc(Cl)cc2Cl)cc1. The Kier molecular flexibility index (Phi) is 7.82. The van der Waals surface area contributed by atoms with Crippen molar-refractivity contribution < 1.29 is 9.59 Å². The van der Waals surface area contributed by atoms with Crippen LogP contribution >= 0.6 is 23.2 Å². The van der Waals surface area contributed by atoms with Crippen molar-refractivity contribution in [3.63, 3.8) is 0 Å². The fourth-order valence-electron chi connectivity index (χ4n) is 2.27. The molecule has 0 aliphatic carbocycles. The summed E-state index contributed by atoms with van der Waals surface area (Å²) in [4.78, 5) is 23.9. The number of hydrogen-bond acceptors (Lipinski definition) is 3. The molecule has 2 aromatic carbocycles. The Morgan fingerprint density at radius 1 is 1.07 bits per heavy atom. The van der Waals surface area contributed by atoms with E-state index in [1.165, 1.54) is 6.07 Å². The summed E-state index contributed by atoms with van der Waals surface area (Å²) in [6, 6.07) is 11.9. The highest BCUT2D eigenvalue weighted by Crippen LogP contribution is 2.22. The van der Waals surface area contributed by atoms with E-state index in [1.54, 1.807) is 31.2 Å². The molecule has 27 heavy (non-hydrogen) atoms. The molecule has 2 N–H and O–H groups in total. The van der Waals surface area contributed by atoms with Gasteiger partial charge in [-0.25, -0.2) is 5.43 Å². The third kappa shape index (κ3) is 6.38. The van der Waals surface area contributed by atoms with Gasteiger partial charge >= 0.3 is 0 Å². The van der Waals surface area contributed by atoms with Crippen LogP contribution in [-0.4, -0.2) is 17.5 Å². The van der Waals surface area contributed by atoms with Crippen molar-refractivity contribution in [2.75, 3.05) is 5.32 Å². The highest BCUT2D eigenvalue weighted by Gasteiger charge is 2.11. The number of amides is 2. The lowest BCUT2D eigenvalue weighted by molar-refractivity contribution is -0.121. The average molecular weight is 406 g/mol. The van der Waals surface area contributed by atoms with Crippen LogP contribution in [0.4, 0.5) is 5.69 Å². The van der Waals surface area contributed by atoms with Gasteiger partial charge in [-0.1, -0.05) is 48.7 Å². The van der Waals surface area contributed by atoms with Gasteiger partial charge in [-0.05, 0) is 49.2 Å². The summed E-state index contributed by atoms with van der Waals surface area (Å²) in [5.74, 6) is -0.419. The van der Waals surface area contributed by atoms with Crippen LogP contribution in [0.2, 0.25) is 10.0 Å². The van der Waals surface area contributed by atoms with E-state index in [0.29, 0.717) is 33.4 Å². The first-order chi connectivity index (χ1) is 12.9. The molecule has 0 saturated heterocycles. The van der Waals surface area contributed by atoms with Crippen molar-refractivity contribution in [3.8, 4) is 0 Å². The maximum Gasteiger partial charge on any atom is 0.257 e. The van der Waals surface area contributed by atoms with Gasteiger partial charge in [0.2, 0.25) is 5.91 Å². The quantitative estimate of drug-likeness (QED) is 0.485. The number of rotatable bonds is 7. The summed E-state index contributed by atoms with van der Waals surface area (Å²) in [7, 11) is 0. The Balaban J connectivity index is 2.00. The monoisotopic (exact) mass is 405 g/mol. The number of hydrogen-bond donors (Lipinski definition) is 2. The molecule has 142 valence electrons. The molecule has 0 fully saturated rings. The van der Waals surface area contributed by atoms with Crippen LogP contribution in [0.15, 0.2) is 47.6 Å². The fourth-order valence-corrected chi connectivity index (χ4v) is 2.77. The predicted octanol–water partition coefficient (Wildman–Crippen LogP) is 5.28. The van der Waals surface area contributed by atoms with Gasteiger partial charge in [0.25, 0.3) is 5.91 Å². The topological polar surface area (TPSA) is 70.6 Å². The maximum atomic E-state index is 12.3. The van der Waals surface area contributed by atoms with E-state index in [2.05, 4.69) is 15.8 Å². The normalized spacial score (nSPS) is 11.2. The number of anilines is 1. The Morgan fingerprint density at radius 2 is 1.78 bits per heavy atom. The number of carbonyl (C=O) groups excluding carboxylic acids is 2. The van der Waals surface area contributed by atoms with Crippen molar-refractivity contribution in [1.82, 2.24) is 5.43 Å². The van der Waals surface area contributed by atoms with E-state index in [0.717, 1.165) is 18.4 Å². The standard InChI is InChI=1S/C20H21Cl2N3O2/c1-3-4-5-19(26)25-24-13(2)14-6-9-16(10-7-14)23-20(27)17-11-8-15(21)12-18(17)22/h6-12H,3-5H2,1-2H3,(H,23,27)(H,25,26). The average Bonchev–Trinajstić information content (AvgIpc) is 2.64. The molecule has 0 aromatic heterocycles. The molecule has 2 amide bonds. The first-order valence-corrected chi connectivity index (χ1v) is 9.36. The Bertz CT molecular complexity index is 849. The Morgan fingerprint density at radius 3 is 2.41 bits per heavy atom. The predicted molar refractivity (Wildman–Crippen MR) is 111 cm³/mol. The van der Waals surface area contributed by atoms with Crippen molar-refractivity contribution in [2.24, 2.45) is 5.10 Å². The summed E-state index contributed by atoms with van der Waals surface area (Å²) >= 11 is 11.9. The van der Waals surface area contributed by atoms with E-state index in [9.17, 15) is 9.59 Å². The van der Waals surface area contributed by atoms with E-state index < -0.39 is 0 Å². The van der Waals surface area contributed by atoms with E-state index in [4.69, 9.17) is 23.2 Å². The zero-order valence-electron chi connectivity index (χ0n) is 15.2. The van der Waals surface area contributed by atoms with Crippen molar-refractivity contribution >= 4 is 46.4 Å². The van der Waals surface area contributed by atoms with Crippen LogP contribution < -0.4 is 10.7 Å². The van der Waals surface area contributed by atoms with Crippen molar-refractivity contribution in [3.05, 3.63) is 63.6 Å². The molecule has 2 aromatic rings. The van der Waals surface area contributed by atoms with Gasteiger partial charge in [0, 0.05) is 17.1 Å². The Hall–Kier alpha value is -2.37. The zero-order chi connectivity index (χ0) is 19.8. The van der Waals surface area contributed by atoms with Gasteiger partial charge in [-0.2, -0.15) is 5.10 Å². The fraction of sp³-hybridized carbons (Fsp3) is 0.250. The van der Waals surface area contributed by atoms with Gasteiger partial charge < -0.3 is 5.32 Å². The lowest BCUT2D eigenvalue weighted by Gasteiger charge is -2.08. The number of carbonyl (C=O) groups is 2. The van der Waals surface area contributed by atoms with Gasteiger partial charge in [0.1, 0.15) is 0 Å².